The molecular weight excluding hydrogens is 266 g/mol. The highest BCUT2D eigenvalue weighted by atomic mass is 16.2. The molecule has 3 N–H and O–H groups in total. The van der Waals surface area contributed by atoms with E-state index in [0.717, 1.165) is 31.4 Å². The molecule has 2 unspecified atom stereocenters. The third kappa shape index (κ3) is 2.65. The van der Waals surface area contributed by atoms with Crippen LogP contribution in [-0.2, 0) is 11.2 Å². The van der Waals surface area contributed by atoms with Crippen molar-refractivity contribution in [2.75, 3.05) is 19.6 Å². The first kappa shape index (κ1) is 14.1. The largest absolute Gasteiger partial charge is 0.354 e. The minimum atomic E-state index is -0.0325. The molecule has 0 spiro atoms. The minimum Gasteiger partial charge on any atom is -0.354 e. The summed E-state index contributed by atoms with van der Waals surface area (Å²) in [5, 5.41) is 2.88. The van der Waals surface area contributed by atoms with Gasteiger partial charge in [-0.15, -0.1) is 0 Å². The molecule has 0 saturated carbocycles. The number of fused-ring (bicyclic) bond motifs is 1. The molecule has 2 fully saturated rings. The highest BCUT2D eigenvalue weighted by Gasteiger charge is 2.42. The lowest BCUT2D eigenvalue weighted by molar-refractivity contribution is -0.123. The van der Waals surface area contributed by atoms with Crippen molar-refractivity contribution in [2.24, 2.45) is 11.7 Å². The van der Waals surface area contributed by atoms with Gasteiger partial charge in [0.1, 0.15) is 0 Å². The molecular formula is C16H21N3O2. The van der Waals surface area contributed by atoms with Crippen LogP contribution in [0.1, 0.15) is 28.8 Å². The molecule has 2 aliphatic heterocycles. The Balaban J connectivity index is 1.81. The van der Waals surface area contributed by atoms with Gasteiger partial charge in [0.25, 0.3) is 5.91 Å². The second-order valence-corrected chi connectivity index (χ2v) is 5.80. The van der Waals surface area contributed by atoms with E-state index in [0.29, 0.717) is 18.7 Å². The van der Waals surface area contributed by atoms with E-state index in [2.05, 4.69) is 5.32 Å². The lowest BCUT2D eigenvalue weighted by Gasteiger charge is -2.36. The van der Waals surface area contributed by atoms with Crippen molar-refractivity contribution >= 4 is 11.8 Å². The van der Waals surface area contributed by atoms with Crippen LogP contribution in [0.15, 0.2) is 24.3 Å². The van der Waals surface area contributed by atoms with Crippen LogP contribution in [0.2, 0.25) is 0 Å². The normalized spacial score (nSPS) is 24.6. The van der Waals surface area contributed by atoms with E-state index in [9.17, 15) is 9.59 Å². The highest BCUT2D eigenvalue weighted by Crippen LogP contribution is 2.28. The Bertz CT molecular complexity index is 558. The Kier molecular flexibility index (Phi) is 3.92. The van der Waals surface area contributed by atoms with Gasteiger partial charge in [0, 0.05) is 18.7 Å². The Hall–Kier alpha value is -1.88. The quantitative estimate of drug-likeness (QED) is 0.852. The SMILES string of the molecule is NCCc1cccc(C(=O)N2CCCC3C(=O)NCC32)c1. The first-order valence-electron chi connectivity index (χ1n) is 7.58. The van der Waals surface area contributed by atoms with Gasteiger partial charge in [0.05, 0.1) is 12.0 Å². The van der Waals surface area contributed by atoms with Gasteiger partial charge in [-0.25, -0.2) is 0 Å². The van der Waals surface area contributed by atoms with E-state index in [4.69, 9.17) is 5.73 Å². The number of piperidine rings is 1. The Labute approximate surface area is 124 Å². The number of nitrogens with zero attached hydrogens (tertiary/aromatic N) is 1. The fourth-order valence-corrected chi connectivity index (χ4v) is 3.40. The molecule has 0 aliphatic carbocycles. The van der Waals surface area contributed by atoms with Gasteiger partial charge in [-0.3, -0.25) is 9.59 Å². The fraction of sp³-hybridized carbons (Fsp3) is 0.500. The van der Waals surface area contributed by atoms with Crippen molar-refractivity contribution in [1.29, 1.82) is 0 Å². The van der Waals surface area contributed by atoms with Gasteiger partial charge in [0.15, 0.2) is 0 Å². The monoisotopic (exact) mass is 287 g/mol. The zero-order chi connectivity index (χ0) is 14.8. The van der Waals surface area contributed by atoms with Crippen molar-refractivity contribution in [3.63, 3.8) is 0 Å². The summed E-state index contributed by atoms with van der Waals surface area (Å²) in [5.74, 6) is 0.0874. The van der Waals surface area contributed by atoms with Crippen molar-refractivity contribution < 1.29 is 9.59 Å². The van der Waals surface area contributed by atoms with Crippen LogP contribution in [0.3, 0.4) is 0 Å². The molecule has 112 valence electrons. The van der Waals surface area contributed by atoms with Crippen molar-refractivity contribution in [3.05, 3.63) is 35.4 Å². The predicted octanol–water partition coefficient (Wildman–Crippen LogP) is 0.538. The first-order chi connectivity index (χ1) is 10.2. The van der Waals surface area contributed by atoms with Crippen molar-refractivity contribution in [2.45, 2.75) is 25.3 Å². The maximum Gasteiger partial charge on any atom is 0.254 e. The number of amides is 2. The van der Waals surface area contributed by atoms with Gasteiger partial charge < -0.3 is 16.0 Å². The van der Waals surface area contributed by atoms with E-state index in [-0.39, 0.29) is 23.8 Å². The zero-order valence-corrected chi connectivity index (χ0v) is 12.0. The molecule has 1 aromatic rings. The van der Waals surface area contributed by atoms with Crippen LogP contribution >= 0.6 is 0 Å². The summed E-state index contributed by atoms with van der Waals surface area (Å²) in [5.41, 5.74) is 7.35. The molecule has 0 aromatic heterocycles. The van der Waals surface area contributed by atoms with Gasteiger partial charge in [-0.1, -0.05) is 12.1 Å². The number of nitrogens with two attached hydrogens (primary N) is 1. The summed E-state index contributed by atoms with van der Waals surface area (Å²) in [7, 11) is 0. The number of hydrogen-bond donors (Lipinski definition) is 2. The van der Waals surface area contributed by atoms with Gasteiger partial charge in [0.2, 0.25) is 5.91 Å². The summed E-state index contributed by atoms with van der Waals surface area (Å²) in [6.07, 6.45) is 2.55. The third-order valence-electron chi connectivity index (χ3n) is 4.47. The molecule has 21 heavy (non-hydrogen) atoms. The topological polar surface area (TPSA) is 75.4 Å². The Morgan fingerprint density at radius 3 is 3.10 bits per heavy atom. The van der Waals surface area contributed by atoms with Crippen molar-refractivity contribution in [1.82, 2.24) is 10.2 Å². The predicted molar refractivity (Wildman–Crippen MR) is 79.8 cm³/mol. The fourth-order valence-electron chi connectivity index (χ4n) is 3.40. The average Bonchev–Trinajstić information content (AvgIpc) is 2.89. The summed E-state index contributed by atoms with van der Waals surface area (Å²) >= 11 is 0. The average molecular weight is 287 g/mol. The van der Waals surface area contributed by atoms with Crippen LogP contribution in [0.25, 0.3) is 0 Å². The maximum atomic E-state index is 12.8. The second kappa shape index (κ2) is 5.85. The standard InChI is InChI=1S/C16H21N3O2/c17-7-6-11-3-1-4-12(9-11)16(21)19-8-2-5-13-14(19)10-18-15(13)20/h1,3-4,9,13-14H,2,5-8,10,17H2,(H,18,20). The molecule has 2 aliphatic rings. The number of carbonyl (C=O) groups is 2. The molecule has 2 atom stereocenters. The zero-order valence-electron chi connectivity index (χ0n) is 12.0. The van der Waals surface area contributed by atoms with Crippen LogP contribution < -0.4 is 11.1 Å². The molecule has 0 bridgehead atoms. The summed E-state index contributed by atoms with van der Waals surface area (Å²) in [6, 6.07) is 7.66. The van der Waals surface area contributed by atoms with Crippen LogP contribution in [-0.4, -0.2) is 42.4 Å². The number of hydrogen-bond acceptors (Lipinski definition) is 3. The van der Waals surface area contributed by atoms with Gasteiger partial charge in [-0.05, 0) is 43.5 Å². The number of benzene rings is 1. The molecule has 2 heterocycles. The Morgan fingerprint density at radius 2 is 2.29 bits per heavy atom. The molecule has 3 rings (SSSR count). The molecule has 2 saturated heterocycles. The summed E-state index contributed by atoms with van der Waals surface area (Å²) in [6.45, 7) is 1.89. The first-order valence-corrected chi connectivity index (χ1v) is 7.58. The molecule has 0 radical (unpaired) electrons. The lowest BCUT2D eigenvalue weighted by Crippen LogP contribution is -2.48. The minimum absolute atomic E-state index is 0.0110. The molecule has 5 heteroatoms. The second-order valence-electron chi connectivity index (χ2n) is 5.80. The van der Waals surface area contributed by atoms with Crippen LogP contribution in [0.5, 0.6) is 0 Å². The highest BCUT2D eigenvalue weighted by molar-refractivity contribution is 5.95. The lowest BCUT2D eigenvalue weighted by atomic mass is 9.91. The van der Waals surface area contributed by atoms with Gasteiger partial charge in [-0.2, -0.15) is 0 Å². The maximum absolute atomic E-state index is 12.8. The van der Waals surface area contributed by atoms with Crippen LogP contribution in [0.4, 0.5) is 0 Å². The number of likely N-dealkylation sites (tertiary alicyclic amines) is 1. The number of nitrogens with one attached hydrogen (secondary N) is 1. The van der Waals surface area contributed by atoms with E-state index < -0.39 is 0 Å². The summed E-state index contributed by atoms with van der Waals surface area (Å²) < 4.78 is 0. The van der Waals surface area contributed by atoms with E-state index in [1.165, 1.54) is 0 Å². The summed E-state index contributed by atoms with van der Waals surface area (Å²) in [4.78, 5) is 26.4. The van der Waals surface area contributed by atoms with Crippen LogP contribution in [0, 0.1) is 5.92 Å². The number of rotatable bonds is 3. The van der Waals surface area contributed by atoms with E-state index >= 15 is 0 Å². The molecule has 1 aromatic carbocycles. The third-order valence-corrected chi connectivity index (χ3v) is 4.47. The number of carbonyl (C=O) groups excluding carboxylic acids is 2. The molecule has 2 amide bonds. The Morgan fingerprint density at radius 1 is 1.43 bits per heavy atom. The van der Waals surface area contributed by atoms with Gasteiger partial charge >= 0.3 is 0 Å². The smallest absolute Gasteiger partial charge is 0.254 e. The molecule has 5 nitrogen and oxygen atoms in total. The van der Waals surface area contributed by atoms with E-state index in [1.54, 1.807) is 0 Å². The van der Waals surface area contributed by atoms with Crippen molar-refractivity contribution in [3.8, 4) is 0 Å². The van der Waals surface area contributed by atoms with E-state index in [1.807, 2.05) is 29.2 Å².